The monoisotopic (exact) mass is 326 g/mol. The summed E-state index contributed by atoms with van der Waals surface area (Å²) in [6, 6.07) is 7.17. The number of anilines is 1. The van der Waals surface area contributed by atoms with Crippen LogP contribution in [-0.4, -0.2) is 17.5 Å². The van der Waals surface area contributed by atoms with Crippen molar-refractivity contribution in [2.24, 2.45) is 0 Å². The van der Waals surface area contributed by atoms with E-state index in [1.54, 1.807) is 24.3 Å². The number of aromatic nitrogens is 1. The molecule has 0 radical (unpaired) electrons. The molecule has 2 aromatic rings. The van der Waals surface area contributed by atoms with Crippen molar-refractivity contribution in [1.82, 2.24) is 4.98 Å². The average Bonchev–Trinajstić information content (AvgIpc) is 2.95. The Bertz CT molecular complexity index is 753. The number of halogens is 3. The van der Waals surface area contributed by atoms with Gasteiger partial charge in [0, 0.05) is 10.9 Å². The smallest absolute Gasteiger partial charge is 0.434 e. The van der Waals surface area contributed by atoms with Crippen LogP contribution < -0.4 is 10.1 Å². The van der Waals surface area contributed by atoms with Crippen LogP contribution in [0, 0.1) is 0 Å². The highest BCUT2D eigenvalue weighted by molar-refractivity contribution is 7.14. The molecule has 8 heteroatoms. The molecule has 0 saturated carbocycles. The molecule has 0 aliphatic carbocycles. The van der Waals surface area contributed by atoms with E-state index < -0.39 is 17.8 Å². The predicted octanol–water partition coefficient (Wildman–Crippen LogP) is 3.58. The number of rotatable bonds is 2. The van der Waals surface area contributed by atoms with Crippen LogP contribution in [0.25, 0.3) is 6.08 Å². The molecule has 4 nitrogen and oxygen atoms in total. The van der Waals surface area contributed by atoms with Crippen LogP contribution >= 0.6 is 11.3 Å². The molecular formula is C14H9F3N2O2S. The third-order valence-electron chi connectivity index (χ3n) is 2.94. The van der Waals surface area contributed by atoms with Crippen LogP contribution in [0.5, 0.6) is 5.75 Å². The molecule has 1 amide bonds. The fourth-order valence-corrected chi connectivity index (χ4v) is 2.60. The Labute approximate surface area is 127 Å². The van der Waals surface area contributed by atoms with Crippen molar-refractivity contribution in [1.29, 1.82) is 0 Å². The lowest BCUT2D eigenvalue weighted by molar-refractivity contribution is -0.140. The fraction of sp³-hybridized carbons (Fsp3) is 0.143. The number of fused-ring (bicyclic) bond motifs is 1. The number of ether oxygens (including phenoxy) is 1. The molecule has 0 fully saturated rings. The lowest BCUT2D eigenvalue weighted by Crippen LogP contribution is -2.21. The lowest BCUT2D eigenvalue weighted by atomic mass is 10.1. The first-order valence-corrected chi connectivity index (χ1v) is 7.08. The number of carbonyl (C=O) groups is 1. The number of alkyl halides is 3. The highest BCUT2D eigenvalue weighted by atomic mass is 32.1. The van der Waals surface area contributed by atoms with Gasteiger partial charge in [0.2, 0.25) is 0 Å². The molecule has 1 aliphatic heterocycles. The SMILES string of the molecule is O=C(Nc1nc(C(F)(F)F)cs1)C1=Cc2ccccc2OC1. The summed E-state index contributed by atoms with van der Waals surface area (Å²) in [5.41, 5.74) is 0.0449. The number of benzene rings is 1. The molecule has 3 rings (SSSR count). The minimum Gasteiger partial charge on any atom is -0.488 e. The minimum atomic E-state index is -4.52. The molecule has 1 aromatic carbocycles. The maximum Gasteiger partial charge on any atom is 0.434 e. The molecule has 114 valence electrons. The summed E-state index contributed by atoms with van der Waals surface area (Å²) in [4.78, 5) is 15.4. The molecular weight excluding hydrogens is 317 g/mol. The summed E-state index contributed by atoms with van der Waals surface area (Å²) in [7, 11) is 0. The van der Waals surface area contributed by atoms with Crippen molar-refractivity contribution in [3.05, 3.63) is 46.5 Å². The number of nitrogens with zero attached hydrogens (tertiary/aromatic N) is 1. The molecule has 1 N–H and O–H groups in total. The van der Waals surface area contributed by atoms with E-state index in [0.717, 1.165) is 22.3 Å². The molecule has 1 aromatic heterocycles. The second kappa shape index (κ2) is 5.45. The second-order valence-corrected chi connectivity index (χ2v) is 5.34. The Kier molecular flexibility index (Phi) is 3.61. The van der Waals surface area contributed by atoms with Crippen molar-refractivity contribution in [3.63, 3.8) is 0 Å². The zero-order valence-electron chi connectivity index (χ0n) is 11.0. The highest BCUT2D eigenvalue weighted by Crippen LogP contribution is 2.32. The summed E-state index contributed by atoms with van der Waals surface area (Å²) in [6.45, 7) is 0.0559. The largest absolute Gasteiger partial charge is 0.488 e. The zero-order chi connectivity index (χ0) is 15.7. The number of hydrogen-bond donors (Lipinski definition) is 1. The van der Waals surface area contributed by atoms with Gasteiger partial charge in [0.15, 0.2) is 10.8 Å². The van der Waals surface area contributed by atoms with E-state index in [9.17, 15) is 18.0 Å². The predicted molar refractivity (Wildman–Crippen MR) is 75.7 cm³/mol. The standard InChI is InChI=1S/C14H9F3N2O2S/c15-14(16,17)11-7-22-13(18-11)19-12(20)9-5-8-3-1-2-4-10(8)21-6-9/h1-5,7H,6H2,(H,18,19,20). The topological polar surface area (TPSA) is 51.2 Å². The maximum absolute atomic E-state index is 12.5. The number of nitrogens with one attached hydrogen (secondary N) is 1. The molecule has 0 saturated heterocycles. The maximum atomic E-state index is 12.5. The Morgan fingerprint density at radius 1 is 1.32 bits per heavy atom. The van der Waals surface area contributed by atoms with Crippen LogP contribution in [0.1, 0.15) is 11.3 Å². The van der Waals surface area contributed by atoms with Crippen molar-refractivity contribution in [2.45, 2.75) is 6.18 Å². The van der Waals surface area contributed by atoms with Gasteiger partial charge in [-0.1, -0.05) is 18.2 Å². The van der Waals surface area contributed by atoms with Gasteiger partial charge in [-0.25, -0.2) is 4.98 Å². The molecule has 1 aliphatic rings. The quantitative estimate of drug-likeness (QED) is 0.918. The number of thiazole rings is 1. The van der Waals surface area contributed by atoms with Gasteiger partial charge in [-0.05, 0) is 12.1 Å². The zero-order valence-corrected chi connectivity index (χ0v) is 11.8. The molecule has 0 atom stereocenters. The Hall–Kier alpha value is -2.35. The Morgan fingerprint density at radius 3 is 2.82 bits per heavy atom. The van der Waals surface area contributed by atoms with Crippen LogP contribution in [0.15, 0.2) is 35.2 Å². The lowest BCUT2D eigenvalue weighted by Gasteiger charge is -2.16. The molecule has 22 heavy (non-hydrogen) atoms. The van der Waals surface area contributed by atoms with Crippen LogP contribution in [0.4, 0.5) is 18.3 Å². The fourth-order valence-electron chi connectivity index (χ4n) is 1.89. The van der Waals surface area contributed by atoms with Crippen molar-refractivity contribution < 1.29 is 22.7 Å². The number of hydrogen-bond acceptors (Lipinski definition) is 4. The van der Waals surface area contributed by atoms with Gasteiger partial charge in [-0.2, -0.15) is 13.2 Å². The van der Waals surface area contributed by atoms with E-state index in [4.69, 9.17) is 4.74 Å². The van der Waals surface area contributed by atoms with Crippen LogP contribution in [0.2, 0.25) is 0 Å². The van der Waals surface area contributed by atoms with Crippen molar-refractivity contribution >= 4 is 28.5 Å². The van der Waals surface area contributed by atoms with Gasteiger partial charge in [0.05, 0.1) is 5.57 Å². The molecule has 0 spiro atoms. The highest BCUT2D eigenvalue weighted by Gasteiger charge is 2.34. The van der Waals surface area contributed by atoms with Crippen molar-refractivity contribution in [2.75, 3.05) is 11.9 Å². The number of amides is 1. The van der Waals surface area contributed by atoms with Gasteiger partial charge in [0.1, 0.15) is 12.4 Å². The summed E-state index contributed by atoms with van der Waals surface area (Å²) in [5, 5.41) is 3.11. The summed E-state index contributed by atoms with van der Waals surface area (Å²) in [5.74, 6) is 0.130. The average molecular weight is 326 g/mol. The van der Waals surface area contributed by atoms with Gasteiger partial charge in [0.25, 0.3) is 5.91 Å². The third kappa shape index (κ3) is 2.96. The van der Waals surface area contributed by atoms with E-state index in [-0.39, 0.29) is 11.7 Å². The van der Waals surface area contributed by atoms with E-state index >= 15 is 0 Å². The van der Waals surface area contributed by atoms with Gasteiger partial charge >= 0.3 is 6.18 Å². The number of para-hydroxylation sites is 1. The minimum absolute atomic E-state index is 0.0559. The summed E-state index contributed by atoms with van der Waals surface area (Å²) < 4.78 is 42.8. The number of carbonyl (C=O) groups excluding carboxylic acids is 1. The van der Waals surface area contributed by atoms with Crippen LogP contribution in [0.3, 0.4) is 0 Å². The summed E-state index contributed by atoms with van der Waals surface area (Å²) >= 11 is 0.723. The first kappa shape index (κ1) is 14.6. The van der Waals surface area contributed by atoms with E-state index in [1.807, 2.05) is 6.07 Å². The second-order valence-electron chi connectivity index (χ2n) is 4.49. The van der Waals surface area contributed by atoms with E-state index in [1.165, 1.54) is 0 Å². The first-order chi connectivity index (χ1) is 10.4. The van der Waals surface area contributed by atoms with Gasteiger partial charge in [-0.15, -0.1) is 11.3 Å². The Morgan fingerprint density at radius 2 is 2.09 bits per heavy atom. The Balaban J connectivity index is 1.76. The van der Waals surface area contributed by atoms with Gasteiger partial charge in [-0.3, -0.25) is 10.1 Å². The molecule has 2 heterocycles. The van der Waals surface area contributed by atoms with E-state index in [2.05, 4.69) is 10.3 Å². The molecule has 0 bridgehead atoms. The normalized spacial score (nSPS) is 13.9. The van der Waals surface area contributed by atoms with Gasteiger partial charge < -0.3 is 4.74 Å². The first-order valence-electron chi connectivity index (χ1n) is 6.20. The summed E-state index contributed by atoms with van der Waals surface area (Å²) in [6.07, 6.45) is -2.88. The van der Waals surface area contributed by atoms with Crippen LogP contribution in [-0.2, 0) is 11.0 Å². The van der Waals surface area contributed by atoms with E-state index in [0.29, 0.717) is 11.3 Å². The molecule has 0 unspecified atom stereocenters. The third-order valence-corrected chi connectivity index (χ3v) is 3.70. The van der Waals surface area contributed by atoms with Crippen molar-refractivity contribution in [3.8, 4) is 5.75 Å².